The van der Waals surface area contributed by atoms with Crippen LogP contribution in [0.25, 0.3) is 21.9 Å². The number of piperazine rings is 1. The molecule has 2 atom stereocenters. The van der Waals surface area contributed by atoms with Crippen LogP contribution in [0.3, 0.4) is 0 Å². The number of carbonyl (C=O) groups excluding carboxylic acids is 3. The largest absolute Gasteiger partial charge is 0.478 e. The Labute approximate surface area is 353 Å². The van der Waals surface area contributed by atoms with Gasteiger partial charge in [-0.2, -0.15) is 5.10 Å². The monoisotopic (exact) mass is 837 g/mol. The Kier molecular flexibility index (Phi) is 11.7. The van der Waals surface area contributed by atoms with Crippen molar-refractivity contribution in [1.29, 1.82) is 0 Å². The zero-order chi connectivity index (χ0) is 42.2. The van der Waals surface area contributed by atoms with E-state index in [-0.39, 0.29) is 47.7 Å². The zero-order valence-corrected chi connectivity index (χ0v) is 35.5. The van der Waals surface area contributed by atoms with Crippen molar-refractivity contribution in [2.45, 2.75) is 64.5 Å². The van der Waals surface area contributed by atoms with Crippen LogP contribution in [-0.4, -0.2) is 106 Å². The molecule has 0 aliphatic carbocycles. The van der Waals surface area contributed by atoms with Gasteiger partial charge in [0.15, 0.2) is 12.4 Å². The van der Waals surface area contributed by atoms with E-state index in [1.54, 1.807) is 23.0 Å². The van der Waals surface area contributed by atoms with E-state index in [4.69, 9.17) is 26.4 Å². The Morgan fingerprint density at radius 1 is 1.03 bits per heavy atom. The Bertz CT molecular complexity index is 2510. The Morgan fingerprint density at radius 2 is 1.83 bits per heavy atom. The van der Waals surface area contributed by atoms with Crippen LogP contribution in [0.4, 0.5) is 22.9 Å². The van der Waals surface area contributed by atoms with Gasteiger partial charge in [-0.15, -0.1) is 0 Å². The van der Waals surface area contributed by atoms with E-state index in [9.17, 15) is 19.2 Å². The number of rotatable bonds is 11. The van der Waals surface area contributed by atoms with E-state index in [1.807, 2.05) is 49.8 Å². The minimum Gasteiger partial charge on any atom is -0.478 e. The molecule has 0 spiro atoms. The molecule has 4 aromatic heterocycles. The summed E-state index contributed by atoms with van der Waals surface area (Å²) in [6.07, 6.45) is 6.24. The molecule has 16 nitrogen and oxygen atoms in total. The fraction of sp³-hybridized carbons (Fsp3) is 0.465. The Balaban J connectivity index is 0.891. The van der Waals surface area contributed by atoms with Crippen LogP contribution in [0.1, 0.15) is 64.1 Å². The first-order chi connectivity index (χ1) is 28.9. The second-order valence-electron chi connectivity index (χ2n) is 16.4. The van der Waals surface area contributed by atoms with Crippen molar-refractivity contribution in [2.24, 2.45) is 13.0 Å². The fourth-order valence-corrected chi connectivity index (χ4v) is 9.12. The number of anilines is 4. The highest BCUT2D eigenvalue weighted by Gasteiger charge is 2.34. The lowest BCUT2D eigenvalue weighted by Crippen LogP contribution is -2.53. The van der Waals surface area contributed by atoms with Crippen LogP contribution >= 0.6 is 11.6 Å². The topological polar surface area (TPSA) is 172 Å². The number of ether oxygens (including phenoxy) is 1. The summed E-state index contributed by atoms with van der Waals surface area (Å²) >= 11 is 6.67. The minimum atomic E-state index is -0.433. The second-order valence-corrected chi connectivity index (χ2v) is 16.8. The van der Waals surface area contributed by atoms with Crippen molar-refractivity contribution in [1.82, 2.24) is 39.8 Å². The summed E-state index contributed by atoms with van der Waals surface area (Å²) in [5.74, 6) is 0.230. The summed E-state index contributed by atoms with van der Waals surface area (Å²) in [6, 6.07) is 11.8. The third-order valence-electron chi connectivity index (χ3n) is 12.0. The van der Waals surface area contributed by atoms with Crippen molar-refractivity contribution in [3.05, 3.63) is 69.9 Å². The number of carbonyl (C=O) groups is 3. The van der Waals surface area contributed by atoms with Crippen LogP contribution in [0.5, 0.6) is 5.75 Å². The van der Waals surface area contributed by atoms with Gasteiger partial charge in [-0.05, 0) is 64.2 Å². The number of nitrogens with zero attached hydrogens (tertiary/aromatic N) is 8. The van der Waals surface area contributed by atoms with Gasteiger partial charge in [0.05, 0.1) is 51.6 Å². The van der Waals surface area contributed by atoms with E-state index in [2.05, 4.69) is 48.6 Å². The molecular formula is C43H52ClN11O5. The Hall–Kier alpha value is -5.74. The molecule has 5 aromatic rings. The predicted octanol–water partition coefficient (Wildman–Crippen LogP) is 4.73. The lowest BCUT2D eigenvalue weighted by atomic mass is 9.92. The maximum atomic E-state index is 13.2. The highest BCUT2D eigenvalue weighted by molar-refractivity contribution is 6.33. The van der Waals surface area contributed by atoms with Crippen molar-refractivity contribution >= 4 is 74.1 Å². The molecule has 0 radical (unpaired) electrons. The number of imide groups is 1. The Morgan fingerprint density at radius 3 is 2.57 bits per heavy atom. The molecule has 60 heavy (non-hydrogen) atoms. The number of hydrogen-bond acceptors (Lipinski definition) is 12. The zero-order valence-electron chi connectivity index (χ0n) is 34.7. The first kappa shape index (κ1) is 41.0. The lowest BCUT2D eigenvalue weighted by Gasteiger charge is -2.43. The maximum absolute atomic E-state index is 13.2. The number of amides is 3. The van der Waals surface area contributed by atoms with Gasteiger partial charge in [0, 0.05) is 88.7 Å². The van der Waals surface area contributed by atoms with Crippen LogP contribution in [0.2, 0.25) is 5.02 Å². The van der Waals surface area contributed by atoms with Crippen molar-refractivity contribution in [3.63, 3.8) is 0 Å². The summed E-state index contributed by atoms with van der Waals surface area (Å²) < 4.78 is 9.06. The molecule has 3 amide bonds. The normalized spacial score (nSPS) is 19.3. The molecule has 3 aliphatic rings. The van der Waals surface area contributed by atoms with Gasteiger partial charge in [0.2, 0.25) is 11.8 Å². The summed E-state index contributed by atoms with van der Waals surface area (Å²) in [5, 5.41) is 15.3. The molecule has 7 heterocycles. The third-order valence-corrected chi connectivity index (χ3v) is 12.3. The van der Waals surface area contributed by atoms with Crippen LogP contribution in [0.15, 0.2) is 53.6 Å². The second kappa shape index (κ2) is 17.1. The molecule has 0 bridgehead atoms. The van der Waals surface area contributed by atoms with Gasteiger partial charge < -0.3 is 25.2 Å². The van der Waals surface area contributed by atoms with E-state index >= 15 is 0 Å². The molecule has 1 unspecified atom stereocenters. The van der Waals surface area contributed by atoms with Crippen molar-refractivity contribution in [3.8, 4) is 5.75 Å². The molecule has 3 fully saturated rings. The number of pyridine rings is 3. The van der Waals surface area contributed by atoms with Gasteiger partial charge in [0.25, 0.3) is 11.5 Å². The van der Waals surface area contributed by atoms with Gasteiger partial charge in [-0.3, -0.25) is 38.6 Å². The number of aryl methyl sites for hydroxylation is 1. The van der Waals surface area contributed by atoms with Gasteiger partial charge in [-0.1, -0.05) is 23.7 Å². The highest BCUT2D eigenvalue weighted by Crippen LogP contribution is 2.37. The van der Waals surface area contributed by atoms with Crippen molar-refractivity contribution in [2.75, 3.05) is 68.0 Å². The molecule has 1 aromatic carbocycles. The molecule has 316 valence electrons. The van der Waals surface area contributed by atoms with E-state index in [0.29, 0.717) is 46.2 Å². The number of hydrogen-bond donors (Lipinski definition) is 3. The van der Waals surface area contributed by atoms with Gasteiger partial charge in [0.1, 0.15) is 11.5 Å². The van der Waals surface area contributed by atoms with E-state index in [0.717, 1.165) is 80.2 Å². The number of halogens is 1. The molecule has 3 aliphatic heterocycles. The maximum Gasteiger partial charge on any atom is 0.294 e. The summed E-state index contributed by atoms with van der Waals surface area (Å²) in [4.78, 5) is 66.3. The number of piperidine rings is 2. The third kappa shape index (κ3) is 8.22. The number of benzene rings is 1. The molecule has 8 rings (SSSR count). The standard InChI is InChI=1S/C43H52ClN11O5/c1-25(2)55-41-28(18-35(43(55)59)60-24-38(57)45-4)17-29(20-47-41)48-33-19-36(46-21-32(33)44)53-13-11-27(12-14-53)23-52-15-16-54(26(3)22-52)34-8-6-7-30-39(50-51(5)40(30)34)31-9-10-37(56)49-42(31)58/h6-8,17-21,25-27,31H,9-16,22-24H2,1-5H3,(H,45,57)(H,46,48)(H,49,56,58)/t26-,31?/m0/s1. The number of nitrogens with one attached hydrogen (secondary N) is 3. The first-order valence-corrected chi connectivity index (χ1v) is 21.1. The van der Waals surface area contributed by atoms with Crippen LogP contribution < -0.4 is 36.0 Å². The SMILES string of the molecule is CNC(=O)COc1cc2cc(Nc3cc(N4CCC(CN5CCN(c6cccc7c(C8CCC(=O)NC8=O)nn(C)c67)[C@@H](C)C5)CC4)ncc3Cl)cnc2n(C(C)C)c1=O. The highest BCUT2D eigenvalue weighted by atomic mass is 35.5. The molecule has 0 saturated carbocycles. The minimum absolute atomic E-state index is 0.0743. The average Bonchev–Trinajstić information content (AvgIpc) is 3.57. The van der Waals surface area contributed by atoms with Crippen LogP contribution in [0, 0.1) is 5.92 Å². The summed E-state index contributed by atoms with van der Waals surface area (Å²) in [6.45, 7) is 11.4. The predicted molar refractivity (Wildman–Crippen MR) is 233 cm³/mol. The molecular weight excluding hydrogens is 786 g/mol. The summed E-state index contributed by atoms with van der Waals surface area (Å²) in [5.41, 5.74) is 4.41. The van der Waals surface area contributed by atoms with Gasteiger partial charge >= 0.3 is 0 Å². The summed E-state index contributed by atoms with van der Waals surface area (Å²) in [7, 11) is 3.45. The molecule has 17 heteroatoms. The number of aromatic nitrogens is 5. The number of para-hydroxylation sites is 1. The van der Waals surface area contributed by atoms with Gasteiger partial charge in [-0.25, -0.2) is 9.97 Å². The van der Waals surface area contributed by atoms with E-state index < -0.39 is 5.92 Å². The van der Waals surface area contributed by atoms with Crippen LogP contribution in [-0.2, 0) is 21.4 Å². The molecule has 3 saturated heterocycles. The lowest BCUT2D eigenvalue weighted by molar-refractivity contribution is -0.134. The van der Waals surface area contributed by atoms with E-state index in [1.165, 1.54) is 7.05 Å². The smallest absolute Gasteiger partial charge is 0.294 e. The first-order valence-electron chi connectivity index (χ1n) is 20.7. The molecule has 3 N–H and O–H groups in total. The average molecular weight is 838 g/mol. The number of likely N-dealkylation sites (N-methyl/N-ethyl adjacent to an activating group) is 1. The number of fused-ring (bicyclic) bond motifs is 2. The fourth-order valence-electron chi connectivity index (χ4n) is 8.97. The quantitative estimate of drug-likeness (QED) is 0.157. The van der Waals surface area contributed by atoms with Crippen molar-refractivity contribution < 1.29 is 19.1 Å².